The maximum absolute atomic E-state index is 12.3. The number of nitrogens with one attached hydrogen (secondary N) is 1. The molecule has 0 bridgehead atoms. The molecule has 0 heterocycles. The predicted octanol–water partition coefficient (Wildman–Crippen LogP) is 4.43. The Morgan fingerprint density at radius 2 is 1.69 bits per heavy atom. The average Bonchev–Trinajstić information content (AvgIpc) is 2.69. The van der Waals surface area contributed by atoms with E-state index in [4.69, 9.17) is 9.47 Å². The van der Waals surface area contributed by atoms with Gasteiger partial charge in [0.25, 0.3) is 0 Å². The van der Waals surface area contributed by atoms with Gasteiger partial charge in [0.1, 0.15) is 12.4 Å². The molecule has 2 aromatic carbocycles. The topological polar surface area (TPSA) is 94.1 Å². The summed E-state index contributed by atoms with van der Waals surface area (Å²) in [6.45, 7) is 3.38. The van der Waals surface area contributed by atoms with Gasteiger partial charge in [0.2, 0.25) is 0 Å². The van der Waals surface area contributed by atoms with Crippen LogP contribution >= 0.6 is 0 Å². The third-order valence-corrected chi connectivity index (χ3v) is 4.06. The van der Waals surface area contributed by atoms with Crippen LogP contribution < -0.4 is 10.1 Å². The van der Waals surface area contributed by atoms with E-state index in [1.165, 1.54) is 12.1 Å². The number of hydrogen-bond donors (Lipinski definition) is 2. The Kier molecular flexibility index (Phi) is 8.89. The number of alkyl halides is 3. The number of hydrogen-bond acceptors (Lipinski definition) is 5. The first-order chi connectivity index (χ1) is 15.0. The summed E-state index contributed by atoms with van der Waals surface area (Å²) in [5.74, 6) is -1.47. The van der Waals surface area contributed by atoms with Crippen LogP contribution in [0.15, 0.2) is 48.5 Å². The molecule has 1 atom stereocenters. The average molecular weight is 455 g/mol. The lowest BCUT2D eigenvalue weighted by atomic mass is 10.0. The summed E-state index contributed by atoms with van der Waals surface area (Å²) < 4.78 is 51.1. The summed E-state index contributed by atoms with van der Waals surface area (Å²) in [6.07, 6.45) is -6.63. The van der Waals surface area contributed by atoms with E-state index in [0.29, 0.717) is 11.1 Å². The minimum Gasteiger partial charge on any atom is -0.479 e. The Hall–Kier alpha value is -3.27. The van der Waals surface area contributed by atoms with Crippen LogP contribution in [-0.4, -0.2) is 35.7 Å². The van der Waals surface area contributed by atoms with Gasteiger partial charge >= 0.3 is 18.4 Å². The summed E-state index contributed by atoms with van der Waals surface area (Å²) in [4.78, 5) is 23.3. The molecule has 2 N–H and O–H groups in total. The smallest absolute Gasteiger partial charge is 0.479 e. The second-order valence-corrected chi connectivity index (χ2v) is 7.16. The van der Waals surface area contributed by atoms with Crippen LogP contribution in [0.25, 0.3) is 0 Å². The Bertz CT molecular complexity index is 917. The summed E-state index contributed by atoms with van der Waals surface area (Å²) in [5.41, 5.74) is 1.77. The van der Waals surface area contributed by atoms with E-state index >= 15 is 0 Å². The van der Waals surface area contributed by atoms with Crippen molar-refractivity contribution in [3.63, 3.8) is 0 Å². The first-order valence-corrected chi connectivity index (χ1v) is 9.73. The normalized spacial score (nSPS) is 12.3. The second-order valence-electron chi connectivity index (χ2n) is 7.16. The predicted molar refractivity (Wildman–Crippen MR) is 108 cm³/mol. The van der Waals surface area contributed by atoms with Crippen molar-refractivity contribution < 1.29 is 42.1 Å². The van der Waals surface area contributed by atoms with Crippen LogP contribution in [0.2, 0.25) is 0 Å². The fraction of sp³-hybridized carbons (Fsp3) is 0.364. The second kappa shape index (κ2) is 11.4. The van der Waals surface area contributed by atoms with Crippen molar-refractivity contribution in [2.75, 3.05) is 0 Å². The number of carbonyl (C=O) groups excluding carboxylic acids is 1. The molecule has 0 saturated carbocycles. The Morgan fingerprint density at radius 3 is 2.34 bits per heavy atom. The summed E-state index contributed by atoms with van der Waals surface area (Å²) in [5, 5.41) is 11.8. The highest BCUT2D eigenvalue weighted by Crippen LogP contribution is 2.23. The van der Waals surface area contributed by atoms with Gasteiger partial charge in [-0.3, -0.25) is 0 Å². The SMILES string of the molecule is CC(C)OC(Cc1cccc(CNC(=O)OCc2cccc(OC(F)(F)F)c2)c1)C(=O)O. The highest BCUT2D eigenvalue weighted by atomic mass is 19.4. The molecule has 0 radical (unpaired) electrons. The van der Waals surface area contributed by atoms with Crippen LogP contribution in [0.5, 0.6) is 5.75 Å². The van der Waals surface area contributed by atoms with Gasteiger partial charge in [-0.05, 0) is 42.7 Å². The van der Waals surface area contributed by atoms with Gasteiger partial charge in [0, 0.05) is 13.0 Å². The monoisotopic (exact) mass is 455 g/mol. The third-order valence-electron chi connectivity index (χ3n) is 4.06. The number of rotatable bonds is 10. The van der Waals surface area contributed by atoms with Crippen LogP contribution in [-0.2, 0) is 33.8 Å². The van der Waals surface area contributed by atoms with Crippen molar-refractivity contribution in [1.82, 2.24) is 5.32 Å². The van der Waals surface area contributed by atoms with Crippen LogP contribution in [0, 0.1) is 0 Å². The van der Waals surface area contributed by atoms with Crippen molar-refractivity contribution in [3.05, 3.63) is 65.2 Å². The van der Waals surface area contributed by atoms with E-state index in [9.17, 15) is 27.9 Å². The zero-order valence-electron chi connectivity index (χ0n) is 17.5. The lowest BCUT2D eigenvalue weighted by Gasteiger charge is -2.17. The van der Waals surface area contributed by atoms with Crippen LogP contribution in [0.3, 0.4) is 0 Å². The molecular weight excluding hydrogens is 431 g/mol. The number of aliphatic carboxylic acids is 1. The van der Waals surface area contributed by atoms with E-state index in [2.05, 4.69) is 10.1 Å². The number of carbonyl (C=O) groups is 2. The van der Waals surface area contributed by atoms with Gasteiger partial charge in [0.05, 0.1) is 6.10 Å². The fourth-order valence-electron chi connectivity index (χ4n) is 2.81. The number of carboxylic acid groups (broad SMARTS) is 1. The first-order valence-electron chi connectivity index (χ1n) is 9.73. The molecule has 0 aliphatic rings. The minimum atomic E-state index is -4.81. The minimum absolute atomic E-state index is 0.118. The molecule has 0 aromatic heterocycles. The highest BCUT2D eigenvalue weighted by molar-refractivity contribution is 5.72. The lowest BCUT2D eigenvalue weighted by molar-refractivity contribution is -0.274. The Morgan fingerprint density at radius 1 is 1.03 bits per heavy atom. The summed E-state index contributed by atoms with van der Waals surface area (Å²) >= 11 is 0. The van der Waals surface area contributed by atoms with Gasteiger partial charge in [0.15, 0.2) is 6.10 Å². The number of amides is 1. The van der Waals surface area contributed by atoms with E-state index in [1.807, 2.05) is 0 Å². The van der Waals surface area contributed by atoms with Gasteiger partial charge in [-0.1, -0.05) is 36.4 Å². The molecule has 1 amide bonds. The van der Waals surface area contributed by atoms with E-state index in [1.54, 1.807) is 38.1 Å². The molecule has 0 fully saturated rings. The number of benzene rings is 2. The van der Waals surface area contributed by atoms with E-state index in [-0.39, 0.29) is 25.7 Å². The van der Waals surface area contributed by atoms with Crippen LogP contribution in [0.1, 0.15) is 30.5 Å². The molecule has 0 saturated heterocycles. The summed E-state index contributed by atoms with van der Waals surface area (Å²) in [6, 6.07) is 12.1. The first kappa shape index (κ1) is 25.0. The van der Waals surface area contributed by atoms with Gasteiger partial charge in [-0.25, -0.2) is 9.59 Å². The van der Waals surface area contributed by atoms with Crippen molar-refractivity contribution in [2.45, 2.75) is 52.0 Å². The molecule has 32 heavy (non-hydrogen) atoms. The highest BCUT2D eigenvalue weighted by Gasteiger charge is 2.31. The fourth-order valence-corrected chi connectivity index (χ4v) is 2.81. The van der Waals surface area contributed by atoms with Crippen molar-refractivity contribution in [2.24, 2.45) is 0 Å². The molecular formula is C22H24F3NO6. The summed E-state index contributed by atoms with van der Waals surface area (Å²) in [7, 11) is 0. The van der Waals surface area contributed by atoms with Gasteiger partial charge < -0.3 is 24.6 Å². The van der Waals surface area contributed by atoms with E-state index in [0.717, 1.165) is 17.7 Å². The molecule has 1 unspecified atom stereocenters. The lowest BCUT2D eigenvalue weighted by Crippen LogP contribution is -2.29. The maximum Gasteiger partial charge on any atom is 0.573 e. The van der Waals surface area contributed by atoms with Crippen molar-refractivity contribution >= 4 is 12.1 Å². The number of alkyl carbamates (subject to hydrolysis) is 1. The molecule has 2 rings (SSSR count). The third kappa shape index (κ3) is 9.25. The van der Waals surface area contributed by atoms with Crippen LogP contribution in [0.4, 0.5) is 18.0 Å². The zero-order chi connectivity index (χ0) is 23.7. The molecule has 0 spiro atoms. The quantitative estimate of drug-likeness (QED) is 0.551. The molecule has 10 heteroatoms. The number of halogens is 3. The number of ether oxygens (including phenoxy) is 3. The van der Waals surface area contributed by atoms with Gasteiger partial charge in [-0.15, -0.1) is 13.2 Å². The van der Waals surface area contributed by atoms with Crippen molar-refractivity contribution in [1.29, 1.82) is 0 Å². The molecule has 0 aliphatic heterocycles. The zero-order valence-corrected chi connectivity index (χ0v) is 17.5. The molecule has 174 valence electrons. The molecule has 7 nitrogen and oxygen atoms in total. The Balaban J connectivity index is 1.86. The van der Waals surface area contributed by atoms with E-state index < -0.39 is 30.3 Å². The largest absolute Gasteiger partial charge is 0.573 e. The molecule has 2 aromatic rings. The van der Waals surface area contributed by atoms with Crippen molar-refractivity contribution in [3.8, 4) is 5.75 Å². The Labute approximate surface area is 183 Å². The maximum atomic E-state index is 12.3. The standard InChI is InChI=1S/C22H24F3NO6/c1-14(2)31-19(20(27)28)11-15-5-3-6-16(9-15)12-26-21(29)30-13-17-7-4-8-18(10-17)32-22(23,24)25/h3-10,14,19H,11-13H2,1-2H3,(H,26,29)(H,27,28). The molecule has 0 aliphatic carbocycles. The number of carboxylic acids is 1. The van der Waals surface area contributed by atoms with Gasteiger partial charge in [-0.2, -0.15) is 0 Å².